The van der Waals surface area contributed by atoms with Crippen LogP contribution in [0.1, 0.15) is 10.4 Å². The molecule has 0 saturated carbocycles. The summed E-state index contributed by atoms with van der Waals surface area (Å²) in [4.78, 5) is 30.0. The molecule has 1 heterocycles. The maximum absolute atomic E-state index is 12.9. The van der Waals surface area contributed by atoms with E-state index >= 15 is 0 Å². The average Bonchev–Trinajstić information content (AvgIpc) is 2.88. The van der Waals surface area contributed by atoms with Gasteiger partial charge in [0.25, 0.3) is 0 Å². The van der Waals surface area contributed by atoms with Gasteiger partial charge in [0.15, 0.2) is 17.1 Å². The van der Waals surface area contributed by atoms with Crippen LogP contribution in [0.3, 0.4) is 0 Å². The minimum Gasteiger partial charge on any atom is -0.492 e. The van der Waals surface area contributed by atoms with Gasteiger partial charge in [-0.25, -0.2) is 4.79 Å². The number of methoxy groups -OCH3 is 1. The molecule has 1 aliphatic heterocycles. The number of ether oxygens (including phenoxy) is 1. The molecule has 0 spiro atoms. The van der Waals surface area contributed by atoms with Gasteiger partial charge in [-0.3, -0.25) is 4.79 Å². The van der Waals surface area contributed by atoms with Gasteiger partial charge in [-0.15, -0.1) is 0 Å². The number of nitrogens with two attached hydrogens (primary N) is 11. The highest BCUT2D eigenvalue weighted by molar-refractivity contribution is 6.24. The molecule has 0 unspecified atom stereocenters. The zero-order valence-corrected chi connectivity index (χ0v) is 19.4. The van der Waals surface area contributed by atoms with Gasteiger partial charge in [-0.1, -0.05) is 0 Å². The van der Waals surface area contributed by atoms with Crippen LogP contribution in [0.15, 0.2) is 9.21 Å². The minimum absolute atomic E-state index is 0.0196. The lowest BCUT2D eigenvalue weighted by atomic mass is 9.85. The Kier molecular flexibility index (Phi) is 5.26. The first-order valence-electron chi connectivity index (χ1n) is 10.3. The molecule has 1 aliphatic carbocycles. The summed E-state index contributed by atoms with van der Waals surface area (Å²) in [5, 5.41) is -0.0196. The number of fused-ring (bicyclic) bond motifs is 2. The summed E-state index contributed by atoms with van der Waals surface area (Å²) in [7, 11) is 1.30. The third-order valence-corrected chi connectivity index (χ3v) is 6.17. The van der Waals surface area contributed by atoms with Crippen LogP contribution in [0.2, 0.25) is 0 Å². The van der Waals surface area contributed by atoms with Crippen molar-refractivity contribution in [1.82, 2.24) is 0 Å². The van der Waals surface area contributed by atoms with Crippen molar-refractivity contribution in [2.45, 2.75) is 0 Å². The number of rotatable bonds is 3. The predicted molar refractivity (Wildman–Crippen MR) is 145 cm³/mol. The highest BCUT2D eigenvalue weighted by atomic mass is 16.7. The molecule has 194 valence electrons. The minimum atomic E-state index is -1.15. The monoisotopic (exact) mass is 511 g/mol. The van der Waals surface area contributed by atoms with Gasteiger partial charge < -0.3 is 71.3 Å². The second kappa shape index (κ2) is 7.95. The van der Waals surface area contributed by atoms with Crippen LogP contribution in [-0.2, 0) is 4.84 Å². The summed E-state index contributed by atoms with van der Waals surface area (Å²) in [6, 6.07) is 0. The van der Waals surface area contributed by atoms with E-state index in [1.165, 1.54) is 7.11 Å². The molecule has 0 atom stereocenters. The van der Waals surface area contributed by atoms with Crippen molar-refractivity contribution in [2.75, 3.05) is 64.4 Å². The molecule has 0 radical (unpaired) electrons. The van der Waals surface area contributed by atoms with Crippen molar-refractivity contribution in [3.8, 4) is 28.2 Å². The van der Waals surface area contributed by atoms with Crippen LogP contribution in [0.5, 0.6) is 5.75 Å². The summed E-state index contributed by atoms with van der Waals surface area (Å²) in [5.41, 5.74) is 57.6. The topological polar surface area (TPSA) is 352 Å². The lowest BCUT2D eigenvalue weighted by Crippen LogP contribution is -2.20. The summed E-state index contributed by atoms with van der Waals surface area (Å²) in [5.74, 6) is 3.72. The van der Waals surface area contributed by atoms with Crippen LogP contribution in [-0.4, -0.2) is 13.1 Å². The lowest BCUT2D eigenvalue weighted by Gasteiger charge is -2.25. The van der Waals surface area contributed by atoms with Gasteiger partial charge in [0.1, 0.15) is 22.7 Å². The number of hydrogen-bond acceptors (Lipinski definition) is 16. The summed E-state index contributed by atoms with van der Waals surface area (Å²) in [6.45, 7) is 0. The second-order valence-corrected chi connectivity index (χ2v) is 8.04. The number of carbonyl (C=O) groups excluding carboxylic acids is 1. The maximum Gasteiger partial charge on any atom is 0.359 e. The molecule has 16 nitrogen and oxygen atoms in total. The van der Waals surface area contributed by atoms with Gasteiger partial charge in [-0.2, -0.15) is 5.90 Å². The van der Waals surface area contributed by atoms with E-state index in [0.717, 1.165) is 0 Å². The van der Waals surface area contributed by atoms with Gasteiger partial charge in [-0.05, 0) is 0 Å². The SMILES string of the molecule is COc1c(N)c(N)c2c(-c3c(N)c(N)c(N)c(N)c3C(=O)ON)c3c(N)c(N)c(=O)c(N)c-3oc2c1N. The van der Waals surface area contributed by atoms with Crippen molar-refractivity contribution in [2.24, 2.45) is 5.90 Å². The Hall–Kier alpha value is -5.64. The molecule has 0 aromatic heterocycles. The molecule has 4 rings (SSSR count). The van der Waals surface area contributed by atoms with Crippen LogP contribution < -0.4 is 73.4 Å². The highest BCUT2D eigenvalue weighted by Crippen LogP contribution is 2.56. The number of anilines is 10. The molecule has 0 fully saturated rings. The molecule has 16 heteroatoms. The van der Waals surface area contributed by atoms with Crippen LogP contribution in [0.4, 0.5) is 56.9 Å². The van der Waals surface area contributed by atoms with E-state index < -0.39 is 28.3 Å². The quantitative estimate of drug-likeness (QED) is 0.0930. The molecule has 0 saturated heterocycles. The van der Waals surface area contributed by atoms with Crippen molar-refractivity contribution >= 4 is 73.8 Å². The Labute approximate surface area is 207 Å². The number of benzene rings is 3. The molecule has 2 aromatic carbocycles. The second-order valence-electron chi connectivity index (χ2n) is 8.04. The van der Waals surface area contributed by atoms with Gasteiger partial charge in [0, 0.05) is 11.1 Å². The first-order chi connectivity index (χ1) is 17.3. The summed E-state index contributed by atoms with van der Waals surface area (Å²) in [6.07, 6.45) is 0. The predicted octanol–water partition coefficient (Wildman–Crippen LogP) is -0.574. The molecule has 0 amide bonds. The third kappa shape index (κ3) is 2.99. The Morgan fingerprint density at radius 2 is 1.22 bits per heavy atom. The van der Waals surface area contributed by atoms with E-state index in [4.69, 9.17) is 72.4 Å². The Bertz CT molecular complexity index is 1700. The van der Waals surface area contributed by atoms with Gasteiger partial charge in [0.05, 0.1) is 57.7 Å². The Morgan fingerprint density at radius 3 is 1.78 bits per heavy atom. The van der Waals surface area contributed by atoms with E-state index in [0.29, 0.717) is 0 Å². The fourth-order valence-electron chi connectivity index (χ4n) is 4.29. The average molecular weight is 512 g/mol. The first kappa shape index (κ1) is 24.5. The number of carbonyl (C=O) groups is 1. The van der Waals surface area contributed by atoms with Crippen LogP contribution in [0, 0.1) is 0 Å². The van der Waals surface area contributed by atoms with E-state index in [1.807, 2.05) is 0 Å². The fraction of sp³-hybridized carbons (Fsp3) is 0.0476. The zero-order chi connectivity index (χ0) is 27.7. The van der Waals surface area contributed by atoms with Crippen molar-refractivity contribution in [1.29, 1.82) is 0 Å². The van der Waals surface area contributed by atoms with E-state index in [2.05, 4.69) is 4.84 Å². The van der Waals surface area contributed by atoms with Crippen molar-refractivity contribution < 1.29 is 18.8 Å². The van der Waals surface area contributed by atoms with Crippen molar-refractivity contribution in [3.05, 3.63) is 15.8 Å². The maximum atomic E-state index is 12.9. The molecule has 2 aliphatic rings. The fourth-order valence-corrected chi connectivity index (χ4v) is 4.29. The number of nitrogen functional groups attached to an aromatic ring is 10. The molecular weight excluding hydrogens is 486 g/mol. The summed E-state index contributed by atoms with van der Waals surface area (Å²) < 4.78 is 11.2. The standard InChI is InChI=1S/C21H25N11O5/c1-35-20-14(29)9(24)5-2(3-6(21(34)37-32)10(25)12(27)11(26)7(3)22)4-8(23)13(28)17(33)15(30)18(4)36-19(5)16(20)31/h22-32H2,1H3. The van der Waals surface area contributed by atoms with Crippen LogP contribution >= 0.6 is 0 Å². The van der Waals surface area contributed by atoms with Gasteiger partial charge in [0.2, 0.25) is 5.43 Å². The van der Waals surface area contributed by atoms with Crippen molar-refractivity contribution in [3.63, 3.8) is 0 Å². The lowest BCUT2D eigenvalue weighted by molar-refractivity contribution is 0.0505. The Morgan fingerprint density at radius 1 is 0.649 bits per heavy atom. The first-order valence-corrected chi connectivity index (χ1v) is 10.3. The van der Waals surface area contributed by atoms with Crippen LogP contribution in [0.25, 0.3) is 33.4 Å². The largest absolute Gasteiger partial charge is 0.492 e. The molecule has 22 N–H and O–H groups in total. The smallest absolute Gasteiger partial charge is 0.359 e. The van der Waals surface area contributed by atoms with E-state index in [-0.39, 0.29) is 84.7 Å². The van der Waals surface area contributed by atoms with Gasteiger partial charge >= 0.3 is 5.97 Å². The number of hydrogen-bond donors (Lipinski definition) is 11. The Balaban J connectivity index is 2.51. The van der Waals surface area contributed by atoms with E-state index in [1.54, 1.807) is 0 Å². The molecule has 0 bridgehead atoms. The molecular formula is C21H25N11O5. The normalized spacial score (nSPS) is 11.2. The summed E-state index contributed by atoms with van der Waals surface area (Å²) >= 11 is 0. The highest BCUT2D eigenvalue weighted by Gasteiger charge is 2.35. The molecule has 2 aromatic rings. The third-order valence-electron chi connectivity index (χ3n) is 6.17. The van der Waals surface area contributed by atoms with E-state index in [9.17, 15) is 9.59 Å². The zero-order valence-electron chi connectivity index (χ0n) is 19.4. The molecule has 37 heavy (non-hydrogen) atoms.